The minimum absolute atomic E-state index is 0.268. The predicted octanol–water partition coefficient (Wildman–Crippen LogP) is 1.25. The molecule has 0 bridgehead atoms. The Hall–Kier alpha value is -1.36. The fourth-order valence-corrected chi connectivity index (χ4v) is 4.24. The molecule has 1 aromatic rings. The first kappa shape index (κ1) is 9.84. The standard InChI is InChI=1S/C11H11NO3S/c1-7-2-3-8-9(6-7)16(14,15)11(4-5-11)10(13)12-8/h2-3,6H,4-5H2,1H3,(H,12,13). The molecule has 2 aliphatic rings. The van der Waals surface area contributed by atoms with Crippen LogP contribution in [0.3, 0.4) is 0 Å². The second kappa shape index (κ2) is 2.66. The number of sulfone groups is 1. The summed E-state index contributed by atoms with van der Waals surface area (Å²) in [6, 6.07) is 5.07. The number of carbonyl (C=O) groups excluding carboxylic acids is 1. The average Bonchev–Trinajstić information content (AvgIpc) is 2.99. The highest BCUT2D eigenvalue weighted by Gasteiger charge is 2.63. The summed E-state index contributed by atoms with van der Waals surface area (Å²) in [5.41, 5.74) is 1.29. The summed E-state index contributed by atoms with van der Waals surface area (Å²) in [7, 11) is -3.49. The molecule has 0 saturated heterocycles. The van der Waals surface area contributed by atoms with Crippen LogP contribution in [-0.2, 0) is 14.6 Å². The normalized spacial score (nSPS) is 23.7. The minimum Gasteiger partial charge on any atom is -0.324 e. The molecule has 0 unspecified atom stereocenters. The summed E-state index contributed by atoms with van der Waals surface area (Å²) in [6.45, 7) is 1.84. The Morgan fingerprint density at radius 3 is 2.62 bits per heavy atom. The van der Waals surface area contributed by atoms with Crippen LogP contribution in [0.4, 0.5) is 5.69 Å². The van der Waals surface area contributed by atoms with Gasteiger partial charge in [0, 0.05) is 0 Å². The van der Waals surface area contributed by atoms with Crippen molar-refractivity contribution in [2.75, 3.05) is 5.32 Å². The second-order valence-electron chi connectivity index (χ2n) is 4.45. The van der Waals surface area contributed by atoms with Crippen LogP contribution in [0.25, 0.3) is 0 Å². The van der Waals surface area contributed by atoms with Gasteiger partial charge in [-0.15, -0.1) is 0 Å². The van der Waals surface area contributed by atoms with E-state index < -0.39 is 14.6 Å². The molecule has 1 aromatic carbocycles. The molecule has 16 heavy (non-hydrogen) atoms. The number of aryl methyl sites for hydroxylation is 1. The lowest BCUT2D eigenvalue weighted by atomic mass is 10.2. The van der Waals surface area contributed by atoms with Crippen LogP contribution in [0.1, 0.15) is 18.4 Å². The predicted molar refractivity (Wildman–Crippen MR) is 59.0 cm³/mol. The number of amides is 1. The Balaban J connectivity index is 2.32. The van der Waals surface area contributed by atoms with Gasteiger partial charge in [-0.2, -0.15) is 0 Å². The van der Waals surface area contributed by atoms with E-state index in [9.17, 15) is 13.2 Å². The molecule has 5 heteroatoms. The molecule has 1 amide bonds. The molecule has 1 spiro atoms. The Morgan fingerprint density at radius 2 is 2.00 bits per heavy atom. The number of hydrogen-bond donors (Lipinski definition) is 1. The van der Waals surface area contributed by atoms with Gasteiger partial charge in [-0.1, -0.05) is 6.07 Å². The van der Waals surface area contributed by atoms with Gasteiger partial charge in [-0.25, -0.2) is 8.42 Å². The molecule has 0 aromatic heterocycles. The van der Waals surface area contributed by atoms with E-state index in [0.29, 0.717) is 18.5 Å². The number of hydrogen-bond acceptors (Lipinski definition) is 3. The zero-order valence-corrected chi connectivity index (χ0v) is 9.60. The van der Waals surface area contributed by atoms with Crippen molar-refractivity contribution in [2.45, 2.75) is 29.4 Å². The van der Waals surface area contributed by atoms with Crippen LogP contribution in [0.15, 0.2) is 23.1 Å². The molecule has 0 atom stereocenters. The Labute approximate surface area is 93.6 Å². The van der Waals surface area contributed by atoms with Crippen LogP contribution in [0, 0.1) is 6.92 Å². The topological polar surface area (TPSA) is 63.2 Å². The molecule has 4 nitrogen and oxygen atoms in total. The fourth-order valence-electron chi connectivity index (χ4n) is 2.13. The highest BCUT2D eigenvalue weighted by Crippen LogP contribution is 2.51. The zero-order chi connectivity index (χ0) is 11.6. The first-order valence-electron chi connectivity index (χ1n) is 5.14. The first-order chi connectivity index (χ1) is 7.47. The van der Waals surface area contributed by atoms with Gasteiger partial charge in [0.15, 0.2) is 14.6 Å². The second-order valence-corrected chi connectivity index (χ2v) is 6.68. The quantitative estimate of drug-likeness (QED) is 0.738. The van der Waals surface area contributed by atoms with Crippen LogP contribution >= 0.6 is 0 Å². The number of nitrogens with one attached hydrogen (secondary N) is 1. The highest BCUT2D eigenvalue weighted by molar-refractivity contribution is 7.94. The molecule has 1 saturated carbocycles. The lowest BCUT2D eigenvalue weighted by molar-refractivity contribution is -0.116. The van der Waals surface area contributed by atoms with E-state index in [-0.39, 0.29) is 10.8 Å². The smallest absolute Gasteiger partial charge is 0.246 e. The summed E-state index contributed by atoms with van der Waals surface area (Å²) in [4.78, 5) is 12.0. The third kappa shape index (κ3) is 0.988. The maximum absolute atomic E-state index is 12.3. The van der Waals surface area contributed by atoms with Crippen molar-refractivity contribution in [3.63, 3.8) is 0 Å². The summed E-state index contributed by atoms with van der Waals surface area (Å²) < 4.78 is 23.4. The largest absolute Gasteiger partial charge is 0.324 e. The Bertz CT molecular complexity index is 600. The van der Waals surface area contributed by atoms with Gasteiger partial charge in [0.2, 0.25) is 5.91 Å². The fraction of sp³-hybridized carbons (Fsp3) is 0.364. The van der Waals surface area contributed by atoms with Crippen LogP contribution in [0.2, 0.25) is 0 Å². The number of carbonyl (C=O) groups is 1. The molecular formula is C11H11NO3S. The van der Waals surface area contributed by atoms with Crippen molar-refractivity contribution in [2.24, 2.45) is 0 Å². The summed E-state index contributed by atoms with van der Waals surface area (Å²) in [5, 5.41) is 2.68. The van der Waals surface area contributed by atoms with E-state index in [1.807, 2.05) is 6.92 Å². The highest BCUT2D eigenvalue weighted by atomic mass is 32.2. The molecule has 84 valence electrons. The van der Waals surface area contributed by atoms with E-state index in [0.717, 1.165) is 5.56 Å². The molecule has 0 radical (unpaired) electrons. The van der Waals surface area contributed by atoms with E-state index in [4.69, 9.17) is 0 Å². The van der Waals surface area contributed by atoms with Crippen molar-refractivity contribution >= 4 is 21.4 Å². The SMILES string of the molecule is Cc1ccc2c(c1)S(=O)(=O)C1(CC1)C(=O)N2. The molecule has 1 aliphatic heterocycles. The van der Waals surface area contributed by atoms with E-state index in [2.05, 4.69) is 5.32 Å². The van der Waals surface area contributed by atoms with Crippen molar-refractivity contribution < 1.29 is 13.2 Å². The van der Waals surface area contributed by atoms with Crippen molar-refractivity contribution in [3.05, 3.63) is 23.8 Å². The molecule has 1 heterocycles. The minimum atomic E-state index is -3.49. The van der Waals surface area contributed by atoms with Gasteiger partial charge in [0.1, 0.15) is 0 Å². The summed E-state index contributed by atoms with van der Waals surface area (Å²) >= 11 is 0. The first-order valence-corrected chi connectivity index (χ1v) is 6.62. The van der Waals surface area contributed by atoms with Crippen molar-refractivity contribution in [3.8, 4) is 0 Å². The Morgan fingerprint density at radius 1 is 1.31 bits per heavy atom. The van der Waals surface area contributed by atoms with Crippen molar-refractivity contribution in [1.29, 1.82) is 0 Å². The third-order valence-corrected chi connectivity index (χ3v) is 5.85. The number of benzene rings is 1. The maximum atomic E-state index is 12.3. The van der Waals surface area contributed by atoms with Gasteiger partial charge in [0.25, 0.3) is 0 Å². The number of anilines is 1. The lowest BCUT2D eigenvalue weighted by Crippen LogP contribution is -2.41. The lowest BCUT2D eigenvalue weighted by Gasteiger charge is -2.24. The monoisotopic (exact) mass is 237 g/mol. The van der Waals surface area contributed by atoms with E-state index >= 15 is 0 Å². The van der Waals surface area contributed by atoms with Crippen LogP contribution in [-0.4, -0.2) is 19.1 Å². The maximum Gasteiger partial charge on any atom is 0.246 e. The van der Waals surface area contributed by atoms with Gasteiger partial charge >= 0.3 is 0 Å². The van der Waals surface area contributed by atoms with Gasteiger partial charge in [-0.05, 0) is 37.5 Å². The van der Waals surface area contributed by atoms with E-state index in [1.54, 1.807) is 18.2 Å². The molecule has 1 N–H and O–H groups in total. The Kier molecular flexibility index (Phi) is 1.63. The van der Waals surface area contributed by atoms with E-state index in [1.165, 1.54) is 0 Å². The summed E-state index contributed by atoms with van der Waals surface area (Å²) in [5.74, 6) is -0.371. The average molecular weight is 237 g/mol. The molecule has 1 aliphatic carbocycles. The van der Waals surface area contributed by atoms with Gasteiger partial charge < -0.3 is 5.32 Å². The number of rotatable bonds is 0. The number of fused-ring (bicyclic) bond motifs is 1. The molecule has 3 rings (SSSR count). The summed E-state index contributed by atoms with van der Waals surface area (Å²) in [6.07, 6.45) is 0.878. The molecular weight excluding hydrogens is 226 g/mol. The van der Waals surface area contributed by atoms with Crippen LogP contribution < -0.4 is 5.32 Å². The van der Waals surface area contributed by atoms with Gasteiger partial charge in [0.05, 0.1) is 10.6 Å². The van der Waals surface area contributed by atoms with Crippen molar-refractivity contribution in [1.82, 2.24) is 0 Å². The van der Waals surface area contributed by atoms with Gasteiger partial charge in [-0.3, -0.25) is 4.79 Å². The third-order valence-electron chi connectivity index (χ3n) is 3.31. The molecule has 1 fully saturated rings. The van der Waals surface area contributed by atoms with Crippen LogP contribution in [0.5, 0.6) is 0 Å². The zero-order valence-electron chi connectivity index (χ0n) is 8.78.